The third kappa shape index (κ3) is 3.53. The lowest BCUT2D eigenvalue weighted by Gasteiger charge is -2.39. The van der Waals surface area contributed by atoms with Crippen molar-refractivity contribution in [3.63, 3.8) is 0 Å². The summed E-state index contributed by atoms with van der Waals surface area (Å²) in [5, 5.41) is 0. The number of hydrogen-bond acceptors (Lipinski definition) is 4. The van der Waals surface area contributed by atoms with Gasteiger partial charge in [-0.1, -0.05) is 30.3 Å². The molecule has 6 nitrogen and oxygen atoms in total. The van der Waals surface area contributed by atoms with E-state index in [1.165, 1.54) is 5.56 Å². The van der Waals surface area contributed by atoms with Crippen molar-refractivity contribution in [2.75, 3.05) is 26.2 Å². The van der Waals surface area contributed by atoms with Crippen molar-refractivity contribution in [2.24, 2.45) is 5.73 Å². The van der Waals surface area contributed by atoms with Crippen LogP contribution in [-0.2, 0) is 16.0 Å². The van der Waals surface area contributed by atoms with Gasteiger partial charge in [-0.25, -0.2) is 4.79 Å². The fourth-order valence-corrected chi connectivity index (χ4v) is 3.53. The number of carbonyl (C=O) groups excluding carboxylic acids is 2. The van der Waals surface area contributed by atoms with Crippen molar-refractivity contribution in [2.45, 2.75) is 37.8 Å². The Labute approximate surface area is 142 Å². The van der Waals surface area contributed by atoms with Gasteiger partial charge in [0.05, 0.1) is 12.6 Å². The minimum Gasteiger partial charge on any atom is -0.441 e. The lowest BCUT2D eigenvalue weighted by molar-refractivity contribution is -0.124. The van der Waals surface area contributed by atoms with Crippen LogP contribution in [0, 0.1) is 0 Å². The number of rotatable bonds is 5. The van der Waals surface area contributed by atoms with Crippen LogP contribution >= 0.6 is 0 Å². The first-order valence-corrected chi connectivity index (χ1v) is 8.54. The Bertz CT molecular complexity index is 597. The fourth-order valence-electron chi connectivity index (χ4n) is 3.53. The van der Waals surface area contributed by atoms with Crippen LogP contribution in [0.3, 0.4) is 0 Å². The van der Waals surface area contributed by atoms with Gasteiger partial charge in [0, 0.05) is 32.5 Å². The number of nitrogens with two attached hydrogens (primary N) is 1. The quantitative estimate of drug-likeness (QED) is 0.885. The van der Waals surface area contributed by atoms with Crippen molar-refractivity contribution >= 4 is 12.0 Å². The molecular formula is C18H25N3O3. The molecule has 1 atom stereocenters. The second kappa shape index (κ2) is 6.81. The minimum absolute atomic E-state index is 0.220. The number of nitrogens with zero attached hydrogens (tertiary/aromatic N) is 2. The summed E-state index contributed by atoms with van der Waals surface area (Å²) in [5.74, 6) is -0.307. The van der Waals surface area contributed by atoms with Gasteiger partial charge in [0.15, 0.2) is 0 Å². The molecule has 24 heavy (non-hydrogen) atoms. The number of primary amides is 1. The van der Waals surface area contributed by atoms with Crippen LogP contribution in [0.1, 0.15) is 25.3 Å². The largest absolute Gasteiger partial charge is 0.441 e. The lowest BCUT2D eigenvalue weighted by Crippen LogP contribution is -2.52. The molecule has 6 heteroatoms. The van der Waals surface area contributed by atoms with Crippen LogP contribution in [0.15, 0.2) is 30.3 Å². The Balaban J connectivity index is 1.54. The molecule has 2 fully saturated rings. The van der Waals surface area contributed by atoms with Gasteiger partial charge in [0.25, 0.3) is 0 Å². The predicted octanol–water partition coefficient (Wildman–Crippen LogP) is 1.39. The van der Waals surface area contributed by atoms with E-state index in [0.29, 0.717) is 13.1 Å². The number of ether oxygens (including phenoxy) is 1. The maximum absolute atomic E-state index is 12.2. The van der Waals surface area contributed by atoms with Gasteiger partial charge in [0.2, 0.25) is 5.91 Å². The predicted molar refractivity (Wildman–Crippen MR) is 90.4 cm³/mol. The van der Waals surface area contributed by atoms with Crippen LogP contribution in [0.5, 0.6) is 0 Å². The summed E-state index contributed by atoms with van der Waals surface area (Å²) in [6.07, 6.45) is 2.11. The third-order valence-electron chi connectivity index (χ3n) is 5.22. The molecule has 2 heterocycles. The summed E-state index contributed by atoms with van der Waals surface area (Å²) >= 11 is 0. The van der Waals surface area contributed by atoms with Gasteiger partial charge in [-0.15, -0.1) is 0 Å². The molecule has 0 saturated carbocycles. The maximum atomic E-state index is 12.2. The second-order valence-corrected chi connectivity index (χ2v) is 6.82. The number of amides is 2. The summed E-state index contributed by atoms with van der Waals surface area (Å²) in [7, 11) is 0. The fraction of sp³-hybridized carbons (Fsp3) is 0.556. The number of hydrogen-bond donors (Lipinski definition) is 1. The number of piperidine rings is 1. The Morgan fingerprint density at radius 2 is 1.96 bits per heavy atom. The Morgan fingerprint density at radius 3 is 2.58 bits per heavy atom. The highest BCUT2D eigenvalue weighted by molar-refractivity contribution is 5.79. The molecule has 0 unspecified atom stereocenters. The van der Waals surface area contributed by atoms with Crippen LogP contribution in [0.25, 0.3) is 0 Å². The first-order chi connectivity index (χ1) is 11.5. The topological polar surface area (TPSA) is 75.9 Å². The average Bonchev–Trinajstić information content (AvgIpc) is 2.89. The normalized spacial score (nSPS) is 21.7. The summed E-state index contributed by atoms with van der Waals surface area (Å²) < 4.78 is 5.72. The lowest BCUT2D eigenvalue weighted by atomic mass is 9.90. The van der Waals surface area contributed by atoms with E-state index < -0.39 is 5.60 Å². The molecule has 0 radical (unpaired) electrons. The van der Waals surface area contributed by atoms with Crippen molar-refractivity contribution in [1.29, 1.82) is 0 Å². The van der Waals surface area contributed by atoms with E-state index in [0.717, 1.165) is 32.4 Å². The van der Waals surface area contributed by atoms with Crippen molar-refractivity contribution < 1.29 is 14.3 Å². The second-order valence-electron chi connectivity index (χ2n) is 6.82. The van der Waals surface area contributed by atoms with Crippen LogP contribution in [0.4, 0.5) is 4.79 Å². The molecular weight excluding hydrogens is 306 g/mol. The summed E-state index contributed by atoms with van der Waals surface area (Å²) in [6.45, 7) is 4.59. The van der Waals surface area contributed by atoms with Gasteiger partial charge in [-0.2, -0.15) is 0 Å². The highest BCUT2D eigenvalue weighted by Gasteiger charge is 2.47. The van der Waals surface area contributed by atoms with Crippen molar-refractivity contribution in [3.8, 4) is 0 Å². The number of carbonyl (C=O) groups is 2. The van der Waals surface area contributed by atoms with Crippen molar-refractivity contribution in [1.82, 2.24) is 9.80 Å². The molecule has 1 spiro atoms. The summed E-state index contributed by atoms with van der Waals surface area (Å²) in [5.41, 5.74) is 6.19. The molecule has 2 amide bonds. The van der Waals surface area contributed by atoms with E-state index >= 15 is 0 Å². The maximum Gasteiger partial charge on any atom is 0.410 e. The highest BCUT2D eigenvalue weighted by atomic mass is 16.6. The Kier molecular flexibility index (Phi) is 4.76. The molecule has 0 bridgehead atoms. The monoisotopic (exact) mass is 331 g/mol. The van der Waals surface area contributed by atoms with E-state index in [1.807, 2.05) is 25.1 Å². The average molecular weight is 331 g/mol. The molecule has 3 rings (SSSR count). The summed E-state index contributed by atoms with van der Waals surface area (Å²) in [4.78, 5) is 27.4. The van der Waals surface area contributed by atoms with Gasteiger partial charge in [-0.05, 0) is 18.9 Å². The first-order valence-electron chi connectivity index (χ1n) is 8.54. The van der Waals surface area contributed by atoms with Crippen molar-refractivity contribution in [3.05, 3.63) is 35.9 Å². The molecule has 1 aromatic rings. The Morgan fingerprint density at radius 1 is 1.29 bits per heavy atom. The number of benzene rings is 1. The Hall–Kier alpha value is -2.08. The molecule has 2 aliphatic rings. The highest BCUT2D eigenvalue weighted by Crippen LogP contribution is 2.33. The van der Waals surface area contributed by atoms with Crippen LogP contribution in [-0.4, -0.2) is 59.6 Å². The van der Waals surface area contributed by atoms with Crippen LogP contribution < -0.4 is 5.73 Å². The molecule has 1 aromatic carbocycles. The SMILES string of the molecule is C[C@@H](C(N)=O)N1CCC2(CC1)CN(CCc1ccccc1)C(=O)O2. The third-order valence-corrected chi connectivity index (χ3v) is 5.22. The first kappa shape index (κ1) is 16.8. The molecule has 0 aliphatic carbocycles. The van der Waals surface area contributed by atoms with E-state index in [4.69, 9.17) is 10.5 Å². The molecule has 2 aliphatic heterocycles. The van der Waals surface area contributed by atoms with E-state index in [2.05, 4.69) is 17.0 Å². The zero-order chi connectivity index (χ0) is 17.2. The van der Waals surface area contributed by atoms with E-state index in [-0.39, 0.29) is 18.0 Å². The van der Waals surface area contributed by atoms with E-state index in [1.54, 1.807) is 4.90 Å². The smallest absolute Gasteiger partial charge is 0.410 e. The van der Waals surface area contributed by atoms with E-state index in [9.17, 15) is 9.59 Å². The van der Waals surface area contributed by atoms with Gasteiger partial charge < -0.3 is 15.4 Å². The van der Waals surface area contributed by atoms with Gasteiger partial charge in [0.1, 0.15) is 5.60 Å². The molecule has 130 valence electrons. The minimum atomic E-state index is -0.401. The van der Waals surface area contributed by atoms with Gasteiger partial charge in [-0.3, -0.25) is 9.69 Å². The van der Waals surface area contributed by atoms with Crippen LogP contribution in [0.2, 0.25) is 0 Å². The standard InChI is InChI=1S/C18H25N3O3/c1-14(16(19)22)20-11-8-18(9-12-20)13-21(17(23)24-18)10-7-15-5-3-2-4-6-15/h2-6,14H,7-13H2,1H3,(H2,19,22)/t14-/m0/s1. The zero-order valence-corrected chi connectivity index (χ0v) is 14.1. The molecule has 2 N–H and O–H groups in total. The zero-order valence-electron chi connectivity index (χ0n) is 14.1. The molecule has 2 saturated heterocycles. The summed E-state index contributed by atoms with van der Waals surface area (Å²) in [6, 6.07) is 9.88. The van der Waals surface area contributed by atoms with Gasteiger partial charge >= 0.3 is 6.09 Å². The number of likely N-dealkylation sites (tertiary alicyclic amines) is 1. The molecule has 0 aromatic heterocycles.